The number of aliphatic hydroxyl groups is 1. The van der Waals surface area contributed by atoms with E-state index in [0.717, 1.165) is 18.4 Å². The largest absolute Gasteiger partial charge is 0.430 e. The second kappa shape index (κ2) is 6.88. The van der Waals surface area contributed by atoms with Crippen LogP contribution < -0.4 is 5.32 Å². The summed E-state index contributed by atoms with van der Waals surface area (Å²) >= 11 is 0. The SMILES string of the molecule is O=C(NCc1cncc(C2CC2)c1)[C@@](O)(c1ccc(F)c(F)c1)C(F)(F)F. The van der Waals surface area contributed by atoms with Crippen molar-refractivity contribution in [1.29, 1.82) is 0 Å². The summed E-state index contributed by atoms with van der Waals surface area (Å²) in [6, 6.07) is 2.80. The lowest BCUT2D eigenvalue weighted by molar-refractivity contribution is -0.257. The second-order valence-electron chi connectivity index (χ2n) is 6.42. The van der Waals surface area contributed by atoms with E-state index in [-0.39, 0.29) is 12.6 Å². The van der Waals surface area contributed by atoms with Gasteiger partial charge in [0.2, 0.25) is 0 Å². The van der Waals surface area contributed by atoms with E-state index < -0.39 is 34.9 Å². The highest BCUT2D eigenvalue weighted by atomic mass is 19.4. The molecule has 0 saturated heterocycles. The maximum absolute atomic E-state index is 13.4. The van der Waals surface area contributed by atoms with Crippen LogP contribution in [0.3, 0.4) is 0 Å². The van der Waals surface area contributed by atoms with Crippen LogP contribution in [0.1, 0.15) is 35.4 Å². The minimum atomic E-state index is -5.45. The minimum absolute atomic E-state index is 0.150. The second-order valence-corrected chi connectivity index (χ2v) is 6.42. The summed E-state index contributed by atoms with van der Waals surface area (Å²) in [6.07, 6.45) is -0.412. The van der Waals surface area contributed by atoms with Crippen molar-refractivity contribution in [3.63, 3.8) is 0 Å². The zero-order chi connectivity index (χ0) is 19.8. The third kappa shape index (κ3) is 3.78. The molecule has 1 heterocycles. The van der Waals surface area contributed by atoms with E-state index in [2.05, 4.69) is 4.98 Å². The molecule has 27 heavy (non-hydrogen) atoms. The molecule has 144 valence electrons. The summed E-state index contributed by atoms with van der Waals surface area (Å²) in [6.45, 7) is -0.311. The average Bonchev–Trinajstić information content (AvgIpc) is 3.45. The zero-order valence-corrected chi connectivity index (χ0v) is 13.9. The Bertz CT molecular complexity index is 867. The van der Waals surface area contributed by atoms with Gasteiger partial charge in [0.05, 0.1) is 0 Å². The predicted octanol–water partition coefficient (Wildman–Crippen LogP) is 3.30. The number of halogens is 5. The lowest BCUT2D eigenvalue weighted by atomic mass is 9.91. The van der Waals surface area contributed by atoms with Gasteiger partial charge >= 0.3 is 6.18 Å². The van der Waals surface area contributed by atoms with Crippen LogP contribution in [0, 0.1) is 11.6 Å². The van der Waals surface area contributed by atoms with Gasteiger partial charge in [-0.2, -0.15) is 13.2 Å². The molecule has 2 N–H and O–H groups in total. The third-order valence-corrected chi connectivity index (χ3v) is 4.39. The molecule has 0 radical (unpaired) electrons. The maximum atomic E-state index is 13.4. The number of aromatic nitrogens is 1. The summed E-state index contributed by atoms with van der Waals surface area (Å²) in [5, 5.41) is 12.1. The molecule has 1 amide bonds. The number of amides is 1. The maximum Gasteiger partial charge on any atom is 0.430 e. The highest BCUT2D eigenvalue weighted by molar-refractivity contribution is 5.87. The minimum Gasteiger partial charge on any atom is -0.369 e. The Morgan fingerprint density at radius 3 is 2.44 bits per heavy atom. The van der Waals surface area contributed by atoms with Crippen molar-refractivity contribution in [3.8, 4) is 0 Å². The van der Waals surface area contributed by atoms with Crippen LogP contribution >= 0.6 is 0 Å². The Morgan fingerprint density at radius 2 is 1.85 bits per heavy atom. The number of pyridine rings is 1. The molecule has 3 rings (SSSR count). The molecule has 1 aromatic heterocycles. The first kappa shape index (κ1) is 19.2. The molecule has 1 aliphatic rings. The van der Waals surface area contributed by atoms with E-state index in [0.29, 0.717) is 23.6 Å². The van der Waals surface area contributed by atoms with Crippen molar-refractivity contribution in [2.24, 2.45) is 0 Å². The molecule has 1 aliphatic carbocycles. The molecule has 1 aromatic carbocycles. The van der Waals surface area contributed by atoms with E-state index >= 15 is 0 Å². The van der Waals surface area contributed by atoms with Crippen molar-refractivity contribution in [1.82, 2.24) is 10.3 Å². The Kier molecular flexibility index (Phi) is 4.90. The molecule has 1 atom stereocenters. The van der Waals surface area contributed by atoms with E-state index in [1.807, 2.05) is 5.32 Å². The van der Waals surface area contributed by atoms with E-state index in [1.54, 1.807) is 12.3 Å². The topological polar surface area (TPSA) is 62.2 Å². The van der Waals surface area contributed by atoms with E-state index in [9.17, 15) is 31.9 Å². The molecule has 2 aromatic rings. The summed E-state index contributed by atoms with van der Waals surface area (Å²) < 4.78 is 66.7. The van der Waals surface area contributed by atoms with Crippen LogP contribution in [0.15, 0.2) is 36.7 Å². The molecule has 9 heteroatoms. The summed E-state index contributed by atoms with van der Waals surface area (Å²) in [5.74, 6) is -4.43. The zero-order valence-electron chi connectivity index (χ0n) is 13.9. The van der Waals surface area contributed by atoms with Gasteiger partial charge in [-0.25, -0.2) is 8.78 Å². The molecule has 1 fully saturated rings. The number of hydrogen-bond donors (Lipinski definition) is 2. The van der Waals surface area contributed by atoms with Crippen LogP contribution in [0.25, 0.3) is 0 Å². The lowest BCUT2D eigenvalue weighted by Gasteiger charge is -2.29. The Hall–Kier alpha value is -2.55. The Morgan fingerprint density at radius 1 is 1.15 bits per heavy atom. The summed E-state index contributed by atoms with van der Waals surface area (Å²) in [5.41, 5.74) is -3.75. The number of rotatable bonds is 5. The highest BCUT2D eigenvalue weighted by Gasteiger charge is 2.61. The summed E-state index contributed by atoms with van der Waals surface area (Å²) in [7, 11) is 0. The fraction of sp³-hybridized carbons (Fsp3) is 0.333. The lowest BCUT2D eigenvalue weighted by Crippen LogP contribution is -2.54. The summed E-state index contributed by atoms with van der Waals surface area (Å²) in [4.78, 5) is 16.2. The van der Waals surface area contributed by atoms with Gasteiger partial charge in [-0.3, -0.25) is 9.78 Å². The van der Waals surface area contributed by atoms with Gasteiger partial charge in [0.25, 0.3) is 11.5 Å². The van der Waals surface area contributed by atoms with Crippen molar-refractivity contribution in [2.45, 2.75) is 37.1 Å². The fourth-order valence-corrected chi connectivity index (χ4v) is 2.70. The van der Waals surface area contributed by atoms with E-state index in [1.165, 1.54) is 6.20 Å². The van der Waals surface area contributed by atoms with Crippen LogP contribution in [0.2, 0.25) is 0 Å². The van der Waals surface area contributed by atoms with E-state index in [4.69, 9.17) is 0 Å². The van der Waals surface area contributed by atoms with Gasteiger partial charge < -0.3 is 10.4 Å². The van der Waals surface area contributed by atoms with Crippen molar-refractivity contribution in [2.75, 3.05) is 0 Å². The molecule has 4 nitrogen and oxygen atoms in total. The number of carbonyl (C=O) groups is 1. The molecular weight excluding hydrogens is 371 g/mol. The normalized spacial score (nSPS) is 16.7. The number of carbonyl (C=O) groups excluding carboxylic acids is 1. The van der Waals surface area contributed by atoms with Crippen molar-refractivity contribution >= 4 is 5.91 Å². The molecular formula is C18H15F5N2O2. The van der Waals surface area contributed by atoms with Crippen LogP contribution in [-0.2, 0) is 16.9 Å². The van der Waals surface area contributed by atoms with Gasteiger partial charge in [-0.05, 0) is 42.0 Å². The van der Waals surface area contributed by atoms with Gasteiger partial charge in [0.1, 0.15) is 0 Å². The quantitative estimate of drug-likeness (QED) is 0.776. The first-order chi connectivity index (χ1) is 12.6. The number of benzene rings is 1. The molecule has 0 spiro atoms. The first-order valence-corrected chi connectivity index (χ1v) is 8.09. The fourth-order valence-electron chi connectivity index (χ4n) is 2.70. The smallest absolute Gasteiger partial charge is 0.369 e. The van der Waals surface area contributed by atoms with Crippen molar-refractivity contribution in [3.05, 3.63) is 65.0 Å². The first-order valence-electron chi connectivity index (χ1n) is 8.09. The standard InChI is InChI=1S/C18H15F5N2O2/c19-14-4-3-13(6-15(14)20)17(27,18(21,22)23)16(26)25-8-10-5-12(9-24-7-10)11-1-2-11/h3-7,9,11,27H,1-2,8H2,(H,25,26)/t17-/m0/s1. The molecule has 0 aliphatic heterocycles. The third-order valence-electron chi connectivity index (χ3n) is 4.39. The van der Waals surface area contributed by atoms with Gasteiger partial charge in [0.15, 0.2) is 11.6 Å². The van der Waals surface area contributed by atoms with Gasteiger partial charge in [-0.1, -0.05) is 12.1 Å². The Labute approximate surface area is 151 Å². The van der Waals surface area contributed by atoms with Crippen LogP contribution in [0.4, 0.5) is 22.0 Å². The number of alkyl halides is 3. The van der Waals surface area contributed by atoms with Crippen LogP contribution in [0.5, 0.6) is 0 Å². The number of nitrogens with zero attached hydrogens (tertiary/aromatic N) is 1. The molecule has 0 unspecified atom stereocenters. The average molecular weight is 386 g/mol. The predicted molar refractivity (Wildman–Crippen MR) is 84.4 cm³/mol. The van der Waals surface area contributed by atoms with Crippen molar-refractivity contribution < 1.29 is 31.9 Å². The Balaban J connectivity index is 1.83. The molecule has 0 bridgehead atoms. The monoisotopic (exact) mass is 386 g/mol. The van der Waals surface area contributed by atoms with Gasteiger partial charge in [0, 0.05) is 24.5 Å². The van der Waals surface area contributed by atoms with Crippen LogP contribution in [-0.4, -0.2) is 22.2 Å². The molecule has 1 saturated carbocycles. The van der Waals surface area contributed by atoms with Gasteiger partial charge in [-0.15, -0.1) is 0 Å². The number of hydrogen-bond acceptors (Lipinski definition) is 3. The highest BCUT2D eigenvalue weighted by Crippen LogP contribution is 2.41. The number of nitrogens with one attached hydrogen (secondary N) is 1.